The molecule has 2 heterocycles. The van der Waals surface area contributed by atoms with E-state index in [4.69, 9.17) is 4.74 Å². The van der Waals surface area contributed by atoms with Gasteiger partial charge in [0.05, 0.1) is 13.7 Å². The van der Waals surface area contributed by atoms with Gasteiger partial charge in [-0.2, -0.15) is 5.10 Å². The summed E-state index contributed by atoms with van der Waals surface area (Å²) >= 11 is 0. The number of hydrogen-bond acceptors (Lipinski definition) is 5. The first-order valence-electron chi connectivity index (χ1n) is 11.2. The van der Waals surface area contributed by atoms with Gasteiger partial charge in [0.2, 0.25) is 0 Å². The maximum Gasteiger partial charge on any atom is 0.137 e. The van der Waals surface area contributed by atoms with Crippen LogP contribution in [-0.4, -0.2) is 64.4 Å². The summed E-state index contributed by atoms with van der Waals surface area (Å²) in [7, 11) is 4.00. The summed E-state index contributed by atoms with van der Waals surface area (Å²) < 4.78 is 7.40. The molecule has 0 N–H and O–H groups in total. The number of rotatable bonds is 9. The fourth-order valence-electron chi connectivity index (χ4n) is 4.47. The molecule has 4 rings (SSSR count). The number of piperidine rings is 1. The Hall–Kier alpha value is -2.70. The number of hydrogen-bond donors (Lipinski definition) is 0. The lowest BCUT2D eigenvalue weighted by Gasteiger charge is -2.38. The average molecular weight is 420 g/mol. The van der Waals surface area contributed by atoms with Gasteiger partial charge < -0.3 is 9.64 Å². The minimum Gasteiger partial charge on any atom is -0.496 e. The van der Waals surface area contributed by atoms with Crippen LogP contribution in [0.2, 0.25) is 0 Å². The minimum atomic E-state index is 0.616. The third-order valence-corrected chi connectivity index (χ3v) is 6.25. The Morgan fingerprint density at radius 3 is 2.74 bits per heavy atom. The minimum absolute atomic E-state index is 0.616. The van der Waals surface area contributed by atoms with Crippen molar-refractivity contribution in [2.75, 3.05) is 33.8 Å². The zero-order chi connectivity index (χ0) is 21.5. The molecule has 1 unspecified atom stereocenters. The van der Waals surface area contributed by atoms with Gasteiger partial charge in [0.15, 0.2) is 0 Å². The number of ether oxygens (including phenoxy) is 1. The van der Waals surface area contributed by atoms with E-state index in [2.05, 4.69) is 75.5 Å². The molecule has 1 aliphatic heterocycles. The van der Waals surface area contributed by atoms with Gasteiger partial charge in [-0.1, -0.05) is 36.4 Å². The Morgan fingerprint density at radius 1 is 1.10 bits per heavy atom. The van der Waals surface area contributed by atoms with Gasteiger partial charge in [0.25, 0.3) is 0 Å². The van der Waals surface area contributed by atoms with Crippen molar-refractivity contribution in [2.45, 2.75) is 38.4 Å². The van der Waals surface area contributed by atoms with Crippen molar-refractivity contribution in [3.05, 3.63) is 77.9 Å². The smallest absolute Gasteiger partial charge is 0.137 e. The molecule has 1 aliphatic rings. The summed E-state index contributed by atoms with van der Waals surface area (Å²) in [6, 6.07) is 17.9. The standard InChI is InChI=1S/C25H33N5O/c1-28(14-12-21-7-4-3-5-8-21)24-9-6-13-29(18-24)16-22-10-11-25(31-2)23(15-22)17-30-20-26-19-27-30/h3-5,7-8,10-11,15,19-20,24H,6,9,12-14,16-18H2,1-2H3. The number of methoxy groups -OCH3 is 1. The van der Waals surface area contributed by atoms with Gasteiger partial charge in [0.1, 0.15) is 18.4 Å². The molecule has 0 saturated carbocycles. The van der Waals surface area contributed by atoms with Crippen LogP contribution in [0, 0.1) is 0 Å². The van der Waals surface area contributed by atoms with Crippen LogP contribution in [0.15, 0.2) is 61.2 Å². The average Bonchev–Trinajstić information content (AvgIpc) is 3.32. The summed E-state index contributed by atoms with van der Waals surface area (Å²) in [5.41, 5.74) is 3.88. The predicted octanol–water partition coefficient (Wildman–Crippen LogP) is 3.47. The maximum atomic E-state index is 5.57. The van der Waals surface area contributed by atoms with Crippen molar-refractivity contribution in [1.82, 2.24) is 24.6 Å². The number of likely N-dealkylation sites (tertiary alicyclic amines) is 1. The summed E-state index contributed by atoms with van der Waals surface area (Å²) in [6.07, 6.45) is 6.95. The maximum absolute atomic E-state index is 5.57. The number of aromatic nitrogens is 3. The summed E-state index contributed by atoms with van der Waals surface area (Å²) in [5, 5.41) is 4.23. The molecular weight excluding hydrogens is 386 g/mol. The molecule has 1 aromatic heterocycles. The molecule has 3 aromatic rings. The van der Waals surface area contributed by atoms with Crippen LogP contribution in [0.5, 0.6) is 5.75 Å². The van der Waals surface area contributed by atoms with Gasteiger partial charge in [-0.3, -0.25) is 4.90 Å². The van der Waals surface area contributed by atoms with Crippen molar-refractivity contribution < 1.29 is 4.74 Å². The molecule has 1 saturated heterocycles. The molecule has 1 fully saturated rings. The lowest BCUT2D eigenvalue weighted by Crippen LogP contribution is -2.46. The first kappa shape index (κ1) is 21.5. The van der Waals surface area contributed by atoms with Gasteiger partial charge in [0, 0.05) is 31.2 Å². The van der Waals surface area contributed by atoms with E-state index in [-0.39, 0.29) is 0 Å². The summed E-state index contributed by atoms with van der Waals surface area (Å²) in [6.45, 7) is 5.02. The molecule has 0 radical (unpaired) electrons. The van der Waals surface area contributed by atoms with Crippen LogP contribution in [0.25, 0.3) is 0 Å². The van der Waals surface area contributed by atoms with Crippen LogP contribution >= 0.6 is 0 Å². The van der Waals surface area contributed by atoms with Crippen molar-refractivity contribution >= 4 is 0 Å². The molecule has 0 aliphatic carbocycles. The highest BCUT2D eigenvalue weighted by Gasteiger charge is 2.23. The van der Waals surface area contributed by atoms with Crippen LogP contribution in [-0.2, 0) is 19.5 Å². The first-order valence-corrected chi connectivity index (χ1v) is 11.2. The molecule has 2 aromatic carbocycles. The highest BCUT2D eigenvalue weighted by molar-refractivity contribution is 5.37. The largest absolute Gasteiger partial charge is 0.496 e. The van der Waals surface area contributed by atoms with Crippen LogP contribution in [0.3, 0.4) is 0 Å². The first-order chi connectivity index (χ1) is 15.2. The van der Waals surface area contributed by atoms with Crippen LogP contribution < -0.4 is 4.74 Å². The third-order valence-electron chi connectivity index (χ3n) is 6.25. The molecule has 0 spiro atoms. The van der Waals surface area contributed by atoms with E-state index < -0.39 is 0 Å². The van der Waals surface area contributed by atoms with Gasteiger partial charge in [-0.15, -0.1) is 0 Å². The zero-order valence-electron chi connectivity index (χ0n) is 18.7. The fourth-order valence-corrected chi connectivity index (χ4v) is 4.47. The van der Waals surface area contributed by atoms with E-state index in [9.17, 15) is 0 Å². The third kappa shape index (κ3) is 5.93. The topological polar surface area (TPSA) is 46.4 Å². The molecular formula is C25H33N5O. The quantitative estimate of drug-likeness (QED) is 0.531. The molecule has 31 heavy (non-hydrogen) atoms. The molecule has 1 atom stereocenters. The van der Waals surface area contributed by atoms with Crippen molar-refractivity contribution in [1.29, 1.82) is 0 Å². The number of likely N-dealkylation sites (N-methyl/N-ethyl adjacent to an activating group) is 1. The zero-order valence-corrected chi connectivity index (χ0v) is 18.7. The van der Waals surface area contributed by atoms with E-state index in [1.165, 1.54) is 24.0 Å². The fraction of sp³-hybridized carbons (Fsp3) is 0.440. The molecule has 6 heteroatoms. The summed E-state index contributed by atoms with van der Waals surface area (Å²) in [4.78, 5) is 9.18. The van der Waals surface area contributed by atoms with E-state index in [0.29, 0.717) is 12.6 Å². The normalized spacial score (nSPS) is 17.2. The molecule has 0 amide bonds. The monoisotopic (exact) mass is 419 g/mol. The second-order valence-corrected chi connectivity index (χ2v) is 8.49. The van der Waals surface area contributed by atoms with Crippen molar-refractivity contribution in [3.8, 4) is 5.75 Å². The SMILES string of the molecule is COc1ccc(CN2CCCC(N(C)CCc3ccccc3)C2)cc1Cn1cncn1. The van der Waals surface area contributed by atoms with Crippen molar-refractivity contribution in [3.63, 3.8) is 0 Å². The van der Waals surface area contributed by atoms with Gasteiger partial charge in [-0.05, 0) is 56.1 Å². The summed E-state index contributed by atoms with van der Waals surface area (Å²) in [5.74, 6) is 0.899. The van der Waals surface area contributed by atoms with Crippen LogP contribution in [0.1, 0.15) is 29.5 Å². The van der Waals surface area contributed by atoms with E-state index in [1.807, 2.05) is 4.68 Å². The molecule has 164 valence electrons. The highest BCUT2D eigenvalue weighted by atomic mass is 16.5. The van der Waals surface area contributed by atoms with E-state index in [1.54, 1.807) is 19.8 Å². The Kier molecular flexibility index (Phi) is 7.33. The second-order valence-electron chi connectivity index (χ2n) is 8.49. The van der Waals surface area contributed by atoms with Gasteiger partial charge in [-0.25, -0.2) is 9.67 Å². The Labute approximate surface area is 185 Å². The van der Waals surface area contributed by atoms with Crippen molar-refractivity contribution in [2.24, 2.45) is 0 Å². The van der Waals surface area contributed by atoms with E-state index in [0.717, 1.165) is 43.9 Å². The van der Waals surface area contributed by atoms with E-state index >= 15 is 0 Å². The van der Waals surface area contributed by atoms with Crippen LogP contribution in [0.4, 0.5) is 0 Å². The molecule has 6 nitrogen and oxygen atoms in total. The highest BCUT2D eigenvalue weighted by Crippen LogP contribution is 2.23. The molecule has 0 bridgehead atoms. The predicted molar refractivity (Wildman–Crippen MR) is 123 cm³/mol. The number of nitrogens with zero attached hydrogens (tertiary/aromatic N) is 5. The Morgan fingerprint density at radius 2 is 1.97 bits per heavy atom. The second kappa shape index (κ2) is 10.6. The number of benzene rings is 2. The van der Waals surface area contributed by atoms with Gasteiger partial charge >= 0.3 is 0 Å². The lowest BCUT2D eigenvalue weighted by molar-refractivity contribution is 0.112. The lowest BCUT2D eigenvalue weighted by atomic mass is 10.0. The Balaban J connectivity index is 1.35. The Bertz CT molecular complexity index is 928.